The lowest BCUT2D eigenvalue weighted by Gasteiger charge is -2.36. The van der Waals surface area contributed by atoms with Gasteiger partial charge in [0.1, 0.15) is 6.33 Å². The first-order chi connectivity index (χ1) is 11.2. The molecule has 6 heteroatoms. The Balaban J connectivity index is 1.84. The molecule has 0 aliphatic heterocycles. The Kier molecular flexibility index (Phi) is 3.36. The number of nitrogens with one attached hydrogen (secondary N) is 1. The molecule has 5 N–H and O–H groups in total. The largest absolute Gasteiger partial charge is 0.328 e. The van der Waals surface area contributed by atoms with Gasteiger partial charge < -0.3 is 11.5 Å². The van der Waals surface area contributed by atoms with E-state index in [1.807, 2.05) is 18.2 Å². The Morgan fingerprint density at radius 2 is 1.96 bits per heavy atom. The second kappa shape index (κ2) is 5.40. The van der Waals surface area contributed by atoms with Crippen LogP contribution >= 0.6 is 0 Å². The average Bonchev–Trinajstić information content (AvgIpc) is 3.11. The molecular weight excluding hydrogens is 288 g/mol. The number of aromatic nitrogens is 4. The van der Waals surface area contributed by atoms with Gasteiger partial charge in [0.2, 0.25) is 0 Å². The van der Waals surface area contributed by atoms with Crippen LogP contribution in [0.5, 0.6) is 0 Å². The van der Waals surface area contributed by atoms with Crippen molar-refractivity contribution in [1.29, 1.82) is 0 Å². The van der Waals surface area contributed by atoms with E-state index in [1.54, 1.807) is 12.5 Å². The van der Waals surface area contributed by atoms with Gasteiger partial charge in [0, 0.05) is 23.2 Å². The summed E-state index contributed by atoms with van der Waals surface area (Å²) < 4.78 is 0. The summed E-state index contributed by atoms with van der Waals surface area (Å²) in [5.74, 6) is 0. The number of hydrogen-bond donors (Lipinski definition) is 3. The topological polar surface area (TPSA) is 106 Å². The fourth-order valence-corrected chi connectivity index (χ4v) is 3.43. The van der Waals surface area contributed by atoms with Crippen molar-refractivity contribution >= 4 is 10.9 Å². The first-order valence-corrected chi connectivity index (χ1v) is 7.95. The Labute approximate surface area is 134 Å². The van der Waals surface area contributed by atoms with Crippen molar-refractivity contribution < 1.29 is 0 Å². The van der Waals surface area contributed by atoms with E-state index in [1.165, 1.54) is 0 Å². The van der Waals surface area contributed by atoms with Gasteiger partial charge in [-0.25, -0.2) is 9.97 Å². The van der Waals surface area contributed by atoms with Crippen molar-refractivity contribution in [3.05, 3.63) is 42.5 Å². The third kappa shape index (κ3) is 2.50. The van der Waals surface area contributed by atoms with Crippen molar-refractivity contribution in [2.75, 3.05) is 0 Å². The van der Waals surface area contributed by atoms with Crippen molar-refractivity contribution in [3.63, 3.8) is 0 Å². The molecule has 2 heterocycles. The van der Waals surface area contributed by atoms with Crippen LogP contribution in [-0.4, -0.2) is 26.2 Å². The minimum absolute atomic E-state index is 0.250. The SMILES string of the molecule is NC1CCC(N)(c2ncnc3ccc(-c4ccn[nH]4)cc23)CC1. The summed E-state index contributed by atoms with van der Waals surface area (Å²) in [5.41, 5.74) is 16.2. The highest BCUT2D eigenvalue weighted by Crippen LogP contribution is 2.37. The van der Waals surface area contributed by atoms with Crippen LogP contribution < -0.4 is 11.5 Å². The second-order valence-corrected chi connectivity index (χ2v) is 6.42. The molecule has 1 aromatic carbocycles. The maximum Gasteiger partial charge on any atom is 0.116 e. The van der Waals surface area contributed by atoms with Crippen LogP contribution in [0.15, 0.2) is 36.8 Å². The maximum absolute atomic E-state index is 6.71. The molecule has 0 radical (unpaired) electrons. The van der Waals surface area contributed by atoms with Crippen molar-refractivity contribution in [2.24, 2.45) is 11.5 Å². The minimum atomic E-state index is -0.427. The van der Waals surface area contributed by atoms with Gasteiger partial charge >= 0.3 is 0 Å². The average molecular weight is 308 g/mol. The standard InChI is InChI=1S/C17H20N6/c18-12-3-6-17(19,7-4-12)16-13-9-11(14-5-8-22-23-14)1-2-15(13)20-10-21-16/h1-2,5,8-10,12H,3-4,6-7,18-19H2,(H,22,23). The number of nitrogens with two attached hydrogens (primary N) is 2. The number of H-pyrrole nitrogens is 1. The van der Waals surface area contributed by atoms with Gasteiger partial charge in [-0.15, -0.1) is 0 Å². The molecule has 1 saturated carbocycles. The van der Waals surface area contributed by atoms with Crippen LogP contribution in [0, 0.1) is 0 Å². The summed E-state index contributed by atoms with van der Waals surface area (Å²) in [4.78, 5) is 8.94. The third-order valence-electron chi connectivity index (χ3n) is 4.84. The molecule has 23 heavy (non-hydrogen) atoms. The molecule has 0 bridgehead atoms. The third-order valence-corrected chi connectivity index (χ3v) is 4.84. The van der Waals surface area contributed by atoms with Gasteiger partial charge in [0.25, 0.3) is 0 Å². The molecule has 2 aromatic heterocycles. The molecule has 3 aromatic rings. The lowest BCUT2D eigenvalue weighted by atomic mass is 9.77. The number of hydrogen-bond acceptors (Lipinski definition) is 5. The van der Waals surface area contributed by atoms with Crippen molar-refractivity contribution in [3.8, 4) is 11.3 Å². The van der Waals surface area contributed by atoms with Gasteiger partial charge in [0.05, 0.1) is 22.4 Å². The van der Waals surface area contributed by atoms with Crippen LogP contribution in [0.4, 0.5) is 0 Å². The first kappa shape index (κ1) is 14.3. The zero-order valence-corrected chi connectivity index (χ0v) is 12.9. The molecule has 0 spiro atoms. The molecule has 6 nitrogen and oxygen atoms in total. The molecule has 1 aliphatic rings. The van der Waals surface area contributed by atoms with Gasteiger partial charge in [0.15, 0.2) is 0 Å². The van der Waals surface area contributed by atoms with Gasteiger partial charge in [-0.1, -0.05) is 6.07 Å². The molecule has 0 unspecified atom stereocenters. The predicted octanol–water partition coefficient (Wildman–Crippen LogP) is 2.08. The van der Waals surface area contributed by atoms with Crippen LogP contribution in [0.1, 0.15) is 31.4 Å². The summed E-state index contributed by atoms with van der Waals surface area (Å²) >= 11 is 0. The Morgan fingerprint density at radius 3 is 2.70 bits per heavy atom. The van der Waals surface area contributed by atoms with Crippen LogP contribution in [-0.2, 0) is 5.54 Å². The molecule has 0 atom stereocenters. The van der Waals surface area contributed by atoms with Crippen molar-refractivity contribution in [1.82, 2.24) is 20.2 Å². The Morgan fingerprint density at radius 1 is 1.13 bits per heavy atom. The number of nitrogens with zero attached hydrogens (tertiary/aromatic N) is 3. The van der Waals surface area contributed by atoms with E-state index in [2.05, 4.69) is 26.2 Å². The predicted molar refractivity (Wildman–Crippen MR) is 89.4 cm³/mol. The smallest absolute Gasteiger partial charge is 0.116 e. The molecule has 1 aliphatic carbocycles. The number of benzene rings is 1. The highest BCUT2D eigenvalue weighted by atomic mass is 15.1. The fraction of sp³-hybridized carbons (Fsp3) is 0.353. The summed E-state index contributed by atoms with van der Waals surface area (Å²) in [6.45, 7) is 0. The summed E-state index contributed by atoms with van der Waals surface area (Å²) in [6, 6.07) is 8.34. The lowest BCUT2D eigenvalue weighted by molar-refractivity contribution is 0.273. The molecule has 0 saturated heterocycles. The minimum Gasteiger partial charge on any atom is -0.328 e. The molecule has 0 amide bonds. The van der Waals surface area contributed by atoms with Crippen LogP contribution in [0.25, 0.3) is 22.2 Å². The van der Waals surface area contributed by atoms with E-state index in [-0.39, 0.29) is 6.04 Å². The van der Waals surface area contributed by atoms with Gasteiger partial charge in [-0.3, -0.25) is 5.10 Å². The second-order valence-electron chi connectivity index (χ2n) is 6.42. The monoisotopic (exact) mass is 308 g/mol. The zero-order valence-electron chi connectivity index (χ0n) is 12.9. The summed E-state index contributed by atoms with van der Waals surface area (Å²) in [6.07, 6.45) is 6.93. The molecule has 4 rings (SSSR count). The van der Waals surface area contributed by atoms with E-state index >= 15 is 0 Å². The van der Waals surface area contributed by atoms with Gasteiger partial charge in [-0.2, -0.15) is 5.10 Å². The Hall–Kier alpha value is -2.31. The molecule has 1 fully saturated rings. The van der Waals surface area contributed by atoms with Crippen molar-refractivity contribution in [2.45, 2.75) is 37.3 Å². The number of aromatic amines is 1. The zero-order chi connectivity index (χ0) is 15.9. The quantitative estimate of drug-likeness (QED) is 0.672. The van der Waals surface area contributed by atoms with Gasteiger partial charge in [-0.05, 0) is 43.9 Å². The normalized spacial score (nSPS) is 24.9. The van der Waals surface area contributed by atoms with E-state index in [0.29, 0.717) is 0 Å². The number of rotatable bonds is 2. The van der Waals surface area contributed by atoms with E-state index in [4.69, 9.17) is 11.5 Å². The molecule has 118 valence electrons. The Bertz CT molecular complexity index is 818. The summed E-state index contributed by atoms with van der Waals surface area (Å²) in [7, 11) is 0. The fourth-order valence-electron chi connectivity index (χ4n) is 3.43. The molecular formula is C17H20N6. The lowest BCUT2D eigenvalue weighted by Crippen LogP contribution is -2.44. The van der Waals surface area contributed by atoms with E-state index in [0.717, 1.165) is 53.5 Å². The van der Waals surface area contributed by atoms with E-state index in [9.17, 15) is 0 Å². The highest BCUT2D eigenvalue weighted by Gasteiger charge is 2.34. The van der Waals surface area contributed by atoms with Crippen LogP contribution in [0.2, 0.25) is 0 Å². The highest BCUT2D eigenvalue weighted by molar-refractivity contribution is 5.86. The van der Waals surface area contributed by atoms with E-state index < -0.39 is 5.54 Å². The maximum atomic E-state index is 6.71. The summed E-state index contributed by atoms with van der Waals surface area (Å²) in [5, 5.41) is 8.02. The number of fused-ring (bicyclic) bond motifs is 1. The first-order valence-electron chi connectivity index (χ1n) is 7.95. The van der Waals surface area contributed by atoms with Crippen LogP contribution in [0.3, 0.4) is 0 Å².